The van der Waals surface area contributed by atoms with Gasteiger partial charge in [-0.2, -0.15) is 4.98 Å². The van der Waals surface area contributed by atoms with E-state index in [1.54, 1.807) is 24.4 Å². The molecule has 2 aliphatic rings. The molecule has 3 aromatic rings. The number of hydrogen-bond acceptors (Lipinski definition) is 7. The molecule has 1 aromatic carbocycles. The lowest BCUT2D eigenvalue weighted by atomic mass is 9.85. The van der Waals surface area contributed by atoms with E-state index in [0.29, 0.717) is 51.6 Å². The Labute approximate surface area is 207 Å². The molecule has 9 nitrogen and oxygen atoms in total. The fourth-order valence-corrected chi connectivity index (χ4v) is 5.51. The van der Waals surface area contributed by atoms with Crippen molar-refractivity contribution in [3.8, 4) is 0 Å². The van der Waals surface area contributed by atoms with Crippen molar-refractivity contribution in [3.05, 3.63) is 34.4 Å². The first-order valence-electron chi connectivity index (χ1n) is 11.6. The number of fused-ring (bicyclic) bond motifs is 1. The number of amides is 1. The Morgan fingerprint density at radius 1 is 1.09 bits per heavy atom. The molecule has 1 unspecified atom stereocenters. The van der Waals surface area contributed by atoms with Gasteiger partial charge in [-0.25, -0.2) is 9.97 Å². The van der Waals surface area contributed by atoms with E-state index in [1.807, 2.05) is 4.57 Å². The molecule has 2 atom stereocenters. The summed E-state index contributed by atoms with van der Waals surface area (Å²) in [4.78, 5) is 25.6. The second kappa shape index (κ2) is 9.56. The molecule has 0 spiro atoms. The van der Waals surface area contributed by atoms with Crippen LogP contribution in [0.2, 0.25) is 10.0 Å². The Kier molecular flexibility index (Phi) is 6.50. The Morgan fingerprint density at radius 2 is 1.82 bits per heavy atom. The van der Waals surface area contributed by atoms with E-state index >= 15 is 0 Å². The average molecular weight is 504 g/mol. The smallest absolute Gasteiger partial charge is 0.225 e. The summed E-state index contributed by atoms with van der Waals surface area (Å²) in [5.41, 5.74) is 7.40. The van der Waals surface area contributed by atoms with Gasteiger partial charge >= 0.3 is 0 Å². The van der Waals surface area contributed by atoms with Gasteiger partial charge in [0.25, 0.3) is 0 Å². The Morgan fingerprint density at radius 3 is 2.47 bits per heavy atom. The van der Waals surface area contributed by atoms with Gasteiger partial charge in [0.05, 0.1) is 34.1 Å². The molecule has 2 saturated carbocycles. The number of nitrogens with two attached hydrogens (primary N) is 1. The molecule has 0 bridgehead atoms. The molecule has 0 radical (unpaired) electrons. The van der Waals surface area contributed by atoms with E-state index in [2.05, 4.69) is 15.6 Å². The van der Waals surface area contributed by atoms with Crippen molar-refractivity contribution < 1.29 is 9.90 Å². The van der Waals surface area contributed by atoms with Gasteiger partial charge in [0.2, 0.25) is 17.8 Å². The highest BCUT2D eigenvalue weighted by atomic mass is 35.5. The maximum absolute atomic E-state index is 11.7. The van der Waals surface area contributed by atoms with Crippen molar-refractivity contribution in [2.24, 2.45) is 11.7 Å². The van der Waals surface area contributed by atoms with Crippen molar-refractivity contribution in [1.29, 1.82) is 0 Å². The zero-order valence-corrected chi connectivity index (χ0v) is 20.1. The maximum atomic E-state index is 11.7. The predicted octanol–water partition coefficient (Wildman–Crippen LogP) is 4.42. The fourth-order valence-electron chi connectivity index (χ4n) is 5.02. The van der Waals surface area contributed by atoms with Crippen LogP contribution in [0, 0.1) is 5.92 Å². The van der Waals surface area contributed by atoms with Crippen LogP contribution < -0.4 is 16.4 Å². The SMILES string of the molecule is NC(=O)[C@H]1CC[C@@H](n2c(Nc3c(Cl)cccc3Cl)nc3cnc(NC4CCC[C@H]4O)nc32)CC1. The summed E-state index contributed by atoms with van der Waals surface area (Å²) in [5, 5.41) is 17.7. The molecule has 2 heterocycles. The van der Waals surface area contributed by atoms with Crippen LogP contribution in [0.3, 0.4) is 0 Å². The molecular weight excluding hydrogens is 477 g/mol. The number of nitrogens with zero attached hydrogens (tertiary/aromatic N) is 4. The van der Waals surface area contributed by atoms with E-state index in [9.17, 15) is 9.90 Å². The third kappa shape index (κ3) is 4.52. The minimum atomic E-state index is -0.409. The molecule has 1 amide bonds. The van der Waals surface area contributed by atoms with Crippen molar-refractivity contribution in [2.75, 3.05) is 10.6 Å². The second-order valence-corrected chi connectivity index (χ2v) is 9.90. The Bertz CT molecular complexity index is 1190. The number of rotatable bonds is 6. The van der Waals surface area contributed by atoms with E-state index in [0.717, 1.165) is 32.1 Å². The Balaban J connectivity index is 1.53. The average Bonchev–Trinajstić information content (AvgIpc) is 3.39. The van der Waals surface area contributed by atoms with Gasteiger partial charge in [-0.3, -0.25) is 9.36 Å². The van der Waals surface area contributed by atoms with Gasteiger partial charge in [0, 0.05) is 12.0 Å². The first-order chi connectivity index (χ1) is 16.4. The highest BCUT2D eigenvalue weighted by molar-refractivity contribution is 6.39. The lowest BCUT2D eigenvalue weighted by molar-refractivity contribution is -0.122. The van der Waals surface area contributed by atoms with E-state index in [4.69, 9.17) is 38.9 Å². The topological polar surface area (TPSA) is 131 Å². The quantitative estimate of drug-likeness (QED) is 0.391. The minimum absolute atomic E-state index is 0.0594. The molecule has 2 aliphatic carbocycles. The van der Waals surface area contributed by atoms with Crippen LogP contribution in [0.1, 0.15) is 51.0 Å². The number of imidazole rings is 1. The molecule has 2 fully saturated rings. The number of aromatic nitrogens is 4. The lowest BCUT2D eigenvalue weighted by Crippen LogP contribution is -2.29. The number of carbonyl (C=O) groups excluding carboxylic acids is 1. The summed E-state index contributed by atoms with van der Waals surface area (Å²) < 4.78 is 2.05. The number of benzene rings is 1. The van der Waals surface area contributed by atoms with Gasteiger partial charge in [0.15, 0.2) is 5.65 Å². The van der Waals surface area contributed by atoms with Gasteiger partial charge in [-0.15, -0.1) is 0 Å². The lowest BCUT2D eigenvalue weighted by Gasteiger charge is -2.29. The summed E-state index contributed by atoms with van der Waals surface area (Å²) in [5.74, 6) is 0.642. The van der Waals surface area contributed by atoms with Gasteiger partial charge in [-0.1, -0.05) is 29.3 Å². The standard InChI is InChI=1S/C23H27Cl2N7O2/c24-14-3-1-4-15(25)19(14)30-23-29-17-11-27-22(28-16-5-2-6-18(16)33)31-21(17)32(23)13-9-7-12(8-10-13)20(26)34/h1,3-4,11-13,16,18,33H,2,5-10H2,(H2,26,34)(H,29,30)(H,27,28,31)/t12-,13+,16?,18-/m1/s1. The van der Waals surface area contributed by atoms with Crippen LogP contribution in [-0.2, 0) is 4.79 Å². The van der Waals surface area contributed by atoms with Crippen LogP contribution in [0.25, 0.3) is 11.2 Å². The number of halogens is 2. The number of anilines is 3. The minimum Gasteiger partial charge on any atom is -0.391 e. The molecule has 0 aliphatic heterocycles. The number of aliphatic hydroxyl groups excluding tert-OH is 1. The zero-order chi connectivity index (χ0) is 23.8. The highest BCUT2D eigenvalue weighted by Gasteiger charge is 2.30. The van der Waals surface area contributed by atoms with Crippen molar-refractivity contribution in [3.63, 3.8) is 0 Å². The fraction of sp³-hybridized carbons (Fsp3) is 0.478. The van der Waals surface area contributed by atoms with E-state index in [1.165, 1.54) is 0 Å². The van der Waals surface area contributed by atoms with Crippen molar-refractivity contribution >= 4 is 57.9 Å². The van der Waals surface area contributed by atoms with Crippen molar-refractivity contribution in [1.82, 2.24) is 19.5 Å². The van der Waals surface area contributed by atoms with E-state index in [-0.39, 0.29) is 23.9 Å². The third-order valence-electron chi connectivity index (χ3n) is 6.89. The second-order valence-electron chi connectivity index (χ2n) is 9.09. The largest absolute Gasteiger partial charge is 0.391 e. The summed E-state index contributed by atoms with van der Waals surface area (Å²) in [7, 11) is 0. The molecule has 34 heavy (non-hydrogen) atoms. The molecule has 180 valence electrons. The number of aliphatic hydroxyl groups is 1. The molecule has 2 aromatic heterocycles. The van der Waals surface area contributed by atoms with Crippen LogP contribution in [0.15, 0.2) is 24.4 Å². The molecule has 11 heteroatoms. The summed E-state index contributed by atoms with van der Waals surface area (Å²) in [6, 6.07) is 5.29. The molecule has 5 N–H and O–H groups in total. The monoisotopic (exact) mass is 503 g/mol. The summed E-state index contributed by atoms with van der Waals surface area (Å²) in [6.45, 7) is 0. The maximum Gasteiger partial charge on any atom is 0.225 e. The number of hydrogen-bond donors (Lipinski definition) is 4. The van der Waals surface area contributed by atoms with Crippen LogP contribution in [0.4, 0.5) is 17.6 Å². The van der Waals surface area contributed by atoms with E-state index < -0.39 is 6.10 Å². The number of para-hydroxylation sites is 1. The summed E-state index contributed by atoms with van der Waals surface area (Å²) in [6.07, 6.45) is 6.81. The van der Waals surface area contributed by atoms with Gasteiger partial charge < -0.3 is 21.5 Å². The first kappa shape index (κ1) is 23.1. The number of nitrogens with one attached hydrogen (secondary N) is 2. The highest BCUT2D eigenvalue weighted by Crippen LogP contribution is 2.39. The van der Waals surface area contributed by atoms with Crippen LogP contribution in [-0.4, -0.2) is 42.7 Å². The zero-order valence-electron chi connectivity index (χ0n) is 18.5. The van der Waals surface area contributed by atoms with Crippen LogP contribution >= 0.6 is 23.2 Å². The van der Waals surface area contributed by atoms with Gasteiger partial charge in [0.1, 0.15) is 5.52 Å². The first-order valence-corrected chi connectivity index (χ1v) is 12.4. The third-order valence-corrected chi connectivity index (χ3v) is 7.52. The number of carbonyl (C=O) groups is 1. The Hall–Kier alpha value is -2.62. The normalized spacial score (nSPS) is 24.9. The predicted molar refractivity (Wildman–Crippen MR) is 133 cm³/mol. The number of primary amides is 1. The van der Waals surface area contributed by atoms with Crippen molar-refractivity contribution in [2.45, 2.75) is 63.1 Å². The molecular formula is C23H27Cl2N7O2. The van der Waals surface area contributed by atoms with Crippen LogP contribution in [0.5, 0.6) is 0 Å². The molecule has 5 rings (SSSR count). The van der Waals surface area contributed by atoms with Gasteiger partial charge in [-0.05, 0) is 57.1 Å². The summed E-state index contributed by atoms with van der Waals surface area (Å²) >= 11 is 12.8. The molecule has 0 saturated heterocycles.